The fourth-order valence-corrected chi connectivity index (χ4v) is 2.85. The minimum atomic E-state index is -0.590. The molecule has 1 aromatic carbocycles. The molecule has 0 aliphatic heterocycles. The van der Waals surface area contributed by atoms with E-state index in [9.17, 15) is 9.59 Å². The number of amides is 1. The van der Waals surface area contributed by atoms with Crippen molar-refractivity contribution in [1.29, 1.82) is 0 Å². The molecular formula is C24H26N4O3. The molecule has 0 aliphatic carbocycles. The lowest BCUT2D eigenvalue weighted by molar-refractivity contribution is -0.143. The summed E-state index contributed by atoms with van der Waals surface area (Å²) in [6.07, 6.45) is 8.24. The highest BCUT2D eigenvalue weighted by Gasteiger charge is 2.11. The van der Waals surface area contributed by atoms with Gasteiger partial charge in [0.15, 0.2) is 6.61 Å². The van der Waals surface area contributed by atoms with Gasteiger partial charge >= 0.3 is 5.97 Å². The highest BCUT2D eigenvalue weighted by Crippen LogP contribution is 2.23. The topological polar surface area (TPSA) is 86.1 Å². The Hall–Kier alpha value is -3.74. The number of rotatable bonds is 9. The quantitative estimate of drug-likeness (QED) is 0.426. The summed E-state index contributed by atoms with van der Waals surface area (Å²) in [5.41, 5.74) is 3.42. The van der Waals surface area contributed by atoms with Crippen LogP contribution in [0.1, 0.15) is 25.0 Å². The van der Waals surface area contributed by atoms with Gasteiger partial charge in [-0.15, -0.1) is 0 Å². The van der Waals surface area contributed by atoms with Crippen molar-refractivity contribution in [1.82, 2.24) is 20.1 Å². The van der Waals surface area contributed by atoms with E-state index in [-0.39, 0.29) is 12.5 Å². The lowest BCUT2D eigenvalue weighted by atomic mass is 10.1. The number of nitrogens with zero attached hydrogens (tertiary/aromatic N) is 3. The number of hydrogen-bond acceptors (Lipinski definition) is 5. The second kappa shape index (κ2) is 10.9. The van der Waals surface area contributed by atoms with Gasteiger partial charge in [-0.1, -0.05) is 44.2 Å². The van der Waals surface area contributed by atoms with Crippen LogP contribution in [0.2, 0.25) is 0 Å². The molecule has 1 amide bonds. The van der Waals surface area contributed by atoms with Crippen LogP contribution in [0.5, 0.6) is 0 Å². The molecule has 0 fully saturated rings. The van der Waals surface area contributed by atoms with Crippen molar-refractivity contribution in [3.8, 4) is 11.3 Å². The minimum absolute atomic E-state index is 0.307. The van der Waals surface area contributed by atoms with E-state index in [0.717, 1.165) is 16.7 Å². The van der Waals surface area contributed by atoms with Crippen molar-refractivity contribution in [3.05, 3.63) is 78.3 Å². The number of pyridine rings is 1. The molecule has 0 atom stereocenters. The Balaban J connectivity index is 1.71. The van der Waals surface area contributed by atoms with Crippen LogP contribution in [0.15, 0.2) is 67.1 Å². The summed E-state index contributed by atoms with van der Waals surface area (Å²) < 4.78 is 6.85. The molecule has 7 nitrogen and oxygen atoms in total. The zero-order valence-corrected chi connectivity index (χ0v) is 17.7. The third-order valence-corrected chi connectivity index (χ3v) is 4.36. The Labute approximate surface area is 181 Å². The summed E-state index contributed by atoms with van der Waals surface area (Å²) in [5, 5.41) is 7.39. The van der Waals surface area contributed by atoms with Gasteiger partial charge in [-0.05, 0) is 29.7 Å². The molecule has 3 rings (SSSR count). The predicted octanol–water partition coefficient (Wildman–Crippen LogP) is 3.32. The molecule has 3 aromatic rings. The summed E-state index contributed by atoms with van der Waals surface area (Å²) in [5.74, 6) is -0.576. The van der Waals surface area contributed by atoms with Crippen molar-refractivity contribution in [2.24, 2.45) is 5.92 Å². The first-order valence-electron chi connectivity index (χ1n) is 10.1. The Kier molecular flexibility index (Phi) is 7.70. The summed E-state index contributed by atoms with van der Waals surface area (Å²) in [7, 11) is 0. The van der Waals surface area contributed by atoms with Crippen molar-refractivity contribution in [2.75, 3.05) is 13.2 Å². The molecule has 31 heavy (non-hydrogen) atoms. The Morgan fingerprint density at radius 1 is 1.16 bits per heavy atom. The summed E-state index contributed by atoms with van der Waals surface area (Å²) in [4.78, 5) is 27.9. The monoisotopic (exact) mass is 418 g/mol. The van der Waals surface area contributed by atoms with Crippen LogP contribution in [0.3, 0.4) is 0 Å². The first-order chi connectivity index (χ1) is 15.0. The number of benzene rings is 1. The first-order valence-corrected chi connectivity index (χ1v) is 10.1. The number of aromatic nitrogens is 3. The molecule has 0 saturated carbocycles. The molecule has 160 valence electrons. The van der Waals surface area contributed by atoms with Gasteiger partial charge in [0.25, 0.3) is 5.91 Å². The van der Waals surface area contributed by atoms with Crippen molar-refractivity contribution < 1.29 is 14.3 Å². The highest BCUT2D eigenvalue weighted by atomic mass is 16.5. The molecule has 2 aromatic heterocycles. The van der Waals surface area contributed by atoms with Gasteiger partial charge in [0.1, 0.15) is 5.69 Å². The van der Waals surface area contributed by atoms with Crippen LogP contribution in [0.25, 0.3) is 17.3 Å². The molecule has 0 saturated heterocycles. The van der Waals surface area contributed by atoms with Gasteiger partial charge in [-0.25, -0.2) is 4.79 Å². The molecule has 0 radical (unpaired) electrons. The number of ether oxygens (including phenoxy) is 1. The standard InChI is InChI=1S/C24H26N4O3/c1-18(2)13-26-22(29)17-31-23(30)11-10-21-16-28(15-19-7-4-3-5-8-19)27-24(21)20-9-6-12-25-14-20/h3-12,14,16,18H,13,15,17H2,1-2H3,(H,26,29)/b11-10+. The van der Waals surface area contributed by atoms with E-state index in [1.54, 1.807) is 18.5 Å². The fraction of sp³-hybridized carbons (Fsp3) is 0.250. The van der Waals surface area contributed by atoms with Crippen molar-refractivity contribution in [3.63, 3.8) is 0 Å². The molecule has 0 spiro atoms. The second-order valence-corrected chi connectivity index (χ2v) is 7.50. The van der Waals surface area contributed by atoms with Crippen LogP contribution in [-0.2, 0) is 20.9 Å². The lowest BCUT2D eigenvalue weighted by Gasteiger charge is -2.07. The normalized spacial score (nSPS) is 11.1. The predicted molar refractivity (Wildman–Crippen MR) is 119 cm³/mol. The number of carbonyl (C=O) groups is 2. The zero-order valence-electron chi connectivity index (χ0n) is 17.7. The highest BCUT2D eigenvalue weighted by molar-refractivity contribution is 5.90. The van der Waals surface area contributed by atoms with E-state index in [2.05, 4.69) is 15.4 Å². The third-order valence-electron chi connectivity index (χ3n) is 4.36. The average molecular weight is 418 g/mol. The SMILES string of the molecule is CC(C)CNC(=O)COC(=O)/C=C/c1cn(Cc2ccccc2)nc1-c1cccnc1. The van der Waals surface area contributed by atoms with Crippen LogP contribution in [0.4, 0.5) is 0 Å². The fourth-order valence-electron chi connectivity index (χ4n) is 2.85. The Bertz CT molecular complexity index is 1030. The third kappa shape index (κ3) is 6.92. The summed E-state index contributed by atoms with van der Waals surface area (Å²) in [6.45, 7) is 4.82. The van der Waals surface area contributed by atoms with Crippen LogP contribution in [0, 0.1) is 5.92 Å². The van der Waals surface area contributed by atoms with Crippen molar-refractivity contribution in [2.45, 2.75) is 20.4 Å². The first kappa shape index (κ1) is 22.0. The van der Waals surface area contributed by atoms with Gasteiger partial charge in [-0.3, -0.25) is 14.5 Å². The zero-order chi connectivity index (χ0) is 22.1. The molecule has 0 aliphatic rings. The minimum Gasteiger partial charge on any atom is -0.452 e. The molecule has 0 bridgehead atoms. The molecular weight excluding hydrogens is 392 g/mol. The van der Waals surface area contributed by atoms with Gasteiger partial charge in [0.2, 0.25) is 0 Å². The number of hydrogen-bond donors (Lipinski definition) is 1. The van der Waals surface area contributed by atoms with E-state index in [1.807, 2.05) is 67.2 Å². The van der Waals surface area contributed by atoms with E-state index in [1.165, 1.54) is 6.08 Å². The summed E-state index contributed by atoms with van der Waals surface area (Å²) >= 11 is 0. The van der Waals surface area contributed by atoms with Gasteiger partial charge < -0.3 is 10.1 Å². The largest absolute Gasteiger partial charge is 0.452 e. The maximum atomic E-state index is 12.1. The maximum Gasteiger partial charge on any atom is 0.331 e. The van der Waals surface area contributed by atoms with E-state index < -0.39 is 5.97 Å². The molecule has 0 unspecified atom stereocenters. The summed E-state index contributed by atoms with van der Waals surface area (Å²) in [6, 6.07) is 13.7. The number of esters is 1. The number of nitrogens with one attached hydrogen (secondary N) is 1. The second-order valence-electron chi connectivity index (χ2n) is 7.50. The molecule has 2 heterocycles. The Morgan fingerprint density at radius 2 is 1.97 bits per heavy atom. The van der Waals surface area contributed by atoms with Gasteiger partial charge in [0.05, 0.1) is 6.54 Å². The maximum absolute atomic E-state index is 12.1. The molecule has 7 heteroatoms. The number of carbonyl (C=O) groups excluding carboxylic acids is 2. The van der Waals surface area contributed by atoms with Crippen molar-refractivity contribution >= 4 is 18.0 Å². The van der Waals surface area contributed by atoms with Crippen LogP contribution < -0.4 is 5.32 Å². The van der Waals surface area contributed by atoms with E-state index in [4.69, 9.17) is 4.74 Å². The van der Waals surface area contributed by atoms with Crippen LogP contribution in [-0.4, -0.2) is 39.8 Å². The van der Waals surface area contributed by atoms with Crippen LogP contribution >= 0.6 is 0 Å². The molecule has 1 N–H and O–H groups in total. The van der Waals surface area contributed by atoms with Gasteiger partial charge in [-0.2, -0.15) is 5.10 Å². The van der Waals surface area contributed by atoms with Gasteiger partial charge in [0, 0.05) is 42.3 Å². The van der Waals surface area contributed by atoms with E-state index in [0.29, 0.717) is 24.7 Å². The van der Waals surface area contributed by atoms with E-state index >= 15 is 0 Å². The average Bonchev–Trinajstić information content (AvgIpc) is 3.18. The Morgan fingerprint density at radius 3 is 2.68 bits per heavy atom. The smallest absolute Gasteiger partial charge is 0.331 e. The lowest BCUT2D eigenvalue weighted by Crippen LogP contribution is -2.31.